The number of aromatic hydroxyl groups is 1. The summed E-state index contributed by atoms with van der Waals surface area (Å²) in [4.78, 5) is 8.93. The topological polar surface area (TPSA) is 55.2 Å². The van der Waals surface area contributed by atoms with E-state index in [4.69, 9.17) is 16.3 Å². The van der Waals surface area contributed by atoms with Crippen LogP contribution in [0.1, 0.15) is 31.4 Å². The van der Waals surface area contributed by atoms with E-state index in [0.29, 0.717) is 29.3 Å². The van der Waals surface area contributed by atoms with Crippen molar-refractivity contribution in [1.29, 1.82) is 0 Å². The summed E-state index contributed by atoms with van der Waals surface area (Å²) in [6.07, 6.45) is 2.26. The largest absolute Gasteiger partial charge is 0.504 e. The predicted octanol–water partition coefficient (Wildman–Crippen LogP) is 4.54. The molecular formula is C15H14BrClN2O2. The lowest BCUT2D eigenvalue weighted by Crippen LogP contribution is -1.98. The first kappa shape index (κ1) is 14.6. The van der Waals surface area contributed by atoms with Gasteiger partial charge in [-0.3, -0.25) is 0 Å². The number of nitrogens with zero attached hydrogens (tertiary/aromatic N) is 2. The van der Waals surface area contributed by atoms with Crippen LogP contribution in [-0.4, -0.2) is 21.7 Å². The second kappa shape index (κ2) is 5.81. The van der Waals surface area contributed by atoms with Crippen molar-refractivity contribution in [3.05, 3.63) is 33.5 Å². The van der Waals surface area contributed by atoms with Gasteiger partial charge in [-0.1, -0.05) is 11.6 Å². The fraction of sp³-hybridized carbons (Fsp3) is 0.333. The molecule has 0 amide bonds. The first-order valence-corrected chi connectivity index (χ1v) is 7.96. The van der Waals surface area contributed by atoms with Crippen LogP contribution in [0.2, 0.25) is 5.15 Å². The van der Waals surface area contributed by atoms with E-state index in [1.54, 1.807) is 18.2 Å². The summed E-state index contributed by atoms with van der Waals surface area (Å²) in [5.74, 6) is 1.53. The molecule has 0 unspecified atom stereocenters. The highest BCUT2D eigenvalue weighted by molar-refractivity contribution is 9.10. The molecule has 1 heterocycles. The summed E-state index contributed by atoms with van der Waals surface area (Å²) in [7, 11) is 0. The maximum absolute atomic E-state index is 9.77. The van der Waals surface area contributed by atoms with Crippen LogP contribution in [0.25, 0.3) is 11.4 Å². The Morgan fingerprint density at radius 1 is 1.38 bits per heavy atom. The van der Waals surface area contributed by atoms with Crippen LogP contribution in [0.4, 0.5) is 0 Å². The number of hydrogen-bond acceptors (Lipinski definition) is 4. The van der Waals surface area contributed by atoms with E-state index in [2.05, 4.69) is 25.9 Å². The summed E-state index contributed by atoms with van der Waals surface area (Å²) < 4.78 is 6.17. The van der Waals surface area contributed by atoms with E-state index < -0.39 is 0 Å². The fourth-order valence-electron chi connectivity index (χ4n) is 2.12. The Kier molecular flexibility index (Phi) is 4.04. The minimum absolute atomic E-state index is 0.103. The second-order valence-corrected chi connectivity index (χ2v) is 6.08. The van der Waals surface area contributed by atoms with Crippen molar-refractivity contribution in [1.82, 2.24) is 9.97 Å². The van der Waals surface area contributed by atoms with Gasteiger partial charge in [0.05, 0.1) is 16.8 Å². The zero-order chi connectivity index (χ0) is 15.0. The number of phenolic OH excluding ortho intramolecular Hbond substituents is 1. The summed E-state index contributed by atoms with van der Waals surface area (Å²) >= 11 is 9.65. The number of hydrogen-bond donors (Lipinski definition) is 1. The maximum atomic E-state index is 9.77. The van der Waals surface area contributed by atoms with Crippen molar-refractivity contribution in [2.24, 2.45) is 0 Å². The first-order chi connectivity index (χ1) is 10.1. The third-order valence-electron chi connectivity index (χ3n) is 3.32. The molecule has 1 saturated carbocycles. The molecule has 2 aromatic rings. The van der Waals surface area contributed by atoms with E-state index in [0.717, 1.165) is 28.6 Å². The SMILES string of the molecule is CCOc1cc(-c2nc(Cl)c(Br)c(C3CC3)n2)ccc1O. The lowest BCUT2D eigenvalue weighted by Gasteiger charge is -2.10. The van der Waals surface area contributed by atoms with E-state index in [-0.39, 0.29) is 5.75 Å². The maximum Gasteiger partial charge on any atom is 0.161 e. The summed E-state index contributed by atoms with van der Waals surface area (Å²) in [5, 5.41) is 10.2. The molecule has 21 heavy (non-hydrogen) atoms. The molecular weight excluding hydrogens is 356 g/mol. The highest BCUT2D eigenvalue weighted by Gasteiger charge is 2.29. The number of halogens is 2. The summed E-state index contributed by atoms with van der Waals surface area (Å²) in [5.41, 5.74) is 1.73. The lowest BCUT2D eigenvalue weighted by molar-refractivity contribution is 0.318. The molecule has 0 saturated heterocycles. The average Bonchev–Trinajstić information content (AvgIpc) is 3.29. The van der Waals surface area contributed by atoms with Crippen LogP contribution in [0.15, 0.2) is 22.7 Å². The molecule has 1 aliphatic rings. The van der Waals surface area contributed by atoms with Crippen LogP contribution in [-0.2, 0) is 0 Å². The predicted molar refractivity (Wildman–Crippen MR) is 85.0 cm³/mol. The molecule has 1 aromatic carbocycles. The number of phenols is 1. The second-order valence-electron chi connectivity index (χ2n) is 4.93. The number of aromatic nitrogens is 2. The Bertz CT molecular complexity index is 690. The molecule has 1 aliphatic carbocycles. The fourth-order valence-corrected chi connectivity index (χ4v) is 2.79. The van der Waals surface area contributed by atoms with Gasteiger partial charge in [-0.15, -0.1) is 0 Å². The van der Waals surface area contributed by atoms with Crippen LogP contribution in [0.5, 0.6) is 11.5 Å². The Hall–Kier alpha value is -1.33. The van der Waals surface area contributed by atoms with Crippen molar-refractivity contribution < 1.29 is 9.84 Å². The average molecular weight is 370 g/mol. The van der Waals surface area contributed by atoms with Gasteiger partial charge in [-0.05, 0) is 53.9 Å². The van der Waals surface area contributed by atoms with E-state index in [1.807, 2.05) is 6.92 Å². The number of benzene rings is 1. The summed E-state index contributed by atoms with van der Waals surface area (Å²) in [6, 6.07) is 5.07. The molecule has 0 spiro atoms. The number of ether oxygens (including phenoxy) is 1. The van der Waals surface area contributed by atoms with Gasteiger partial charge in [-0.2, -0.15) is 0 Å². The van der Waals surface area contributed by atoms with Crippen LogP contribution >= 0.6 is 27.5 Å². The third-order valence-corrected chi connectivity index (χ3v) is 4.60. The van der Waals surface area contributed by atoms with E-state index in [1.165, 1.54) is 0 Å². The molecule has 1 aromatic heterocycles. The Balaban J connectivity index is 2.05. The van der Waals surface area contributed by atoms with Gasteiger partial charge in [-0.25, -0.2) is 9.97 Å². The van der Waals surface area contributed by atoms with Crippen molar-refractivity contribution in [2.45, 2.75) is 25.7 Å². The van der Waals surface area contributed by atoms with E-state index >= 15 is 0 Å². The smallest absolute Gasteiger partial charge is 0.161 e. The Morgan fingerprint density at radius 2 is 2.14 bits per heavy atom. The van der Waals surface area contributed by atoms with Gasteiger partial charge in [0, 0.05) is 11.5 Å². The van der Waals surface area contributed by atoms with Crippen molar-refractivity contribution >= 4 is 27.5 Å². The Labute approximate surface area is 136 Å². The van der Waals surface area contributed by atoms with E-state index in [9.17, 15) is 5.11 Å². The molecule has 0 bridgehead atoms. The van der Waals surface area contributed by atoms with Gasteiger partial charge < -0.3 is 9.84 Å². The van der Waals surface area contributed by atoms with Crippen LogP contribution < -0.4 is 4.74 Å². The van der Waals surface area contributed by atoms with Gasteiger partial charge >= 0.3 is 0 Å². The van der Waals surface area contributed by atoms with Gasteiger partial charge in [0.2, 0.25) is 0 Å². The van der Waals surface area contributed by atoms with Crippen molar-refractivity contribution in [3.63, 3.8) is 0 Å². The zero-order valence-corrected chi connectivity index (χ0v) is 13.8. The molecule has 0 aliphatic heterocycles. The normalized spacial score (nSPS) is 14.2. The highest BCUT2D eigenvalue weighted by Crippen LogP contribution is 2.44. The van der Waals surface area contributed by atoms with Crippen molar-refractivity contribution in [2.75, 3.05) is 6.61 Å². The highest BCUT2D eigenvalue weighted by atomic mass is 79.9. The van der Waals surface area contributed by atoms with Gasteiger partial charge in [0.25, 0.3) is 0 Å². The minimum atomic E-state index is 0.103. The molecule has 1 fully saturated rings. The molecule has 0 radical (unpaired) electrons. The molecule has 4 nitrogen and oxygen atoms in total. The Morgan fingerprint density at radius 3 is 2.81 bits per heavy atom. The standard InChI is InChI=1S/C15H14BrClN2O2/c1-2-21-11-7-9(5-6-10(11)20)15-18-13(8-3-4-8)12(16)14(17)19-15/h5-8,20H,2-4H2,1H3. The van der Waals surface area contributed by atoms with Crippen LogP contribution in [0, 0.1) is 0 Å². The van der Waals surface area contributed by atoms with Gasteiger partial charge in [0.1, 0.15) is 5.15 Å². The van der Waals surface area contributed by atoms with Crippen LogP contribution in [0.3, 0.4) is 0 Å². The quantitative estimate of drug-likeness (QED) is 0.804. The molecule has 1 N–H and O–H groups in total. The molecule has 0 atom stereocenters. The lowest BCUT2D eigenvalue weighted by atomic mass is 10.1. The molecule has 110 valence electrons. The molecule has 3 rings (SSSR count). The first-order valence-electron chi connectivity index (χ1n) is 6.79. The third kappa shape index (κ3) is 2.99. The molecule has 6 heteroatoms. The summed E-state index contributed by atoms with van der Waals surface area (Å²) in [6.45, 7) is 2.34. The number of rotatable bonds is 4. The minimum Gasteiger partial charge on any atom is -0.504 e. The van der Waals surface area contributed by atoms with Crippen molar-refractivity contribution in [3.8, 4) is 22.9 Å². The monoisotopic (exact) mass is 368 g/mol. The van der Waals surface area contributed by atoms with Gasteiger partial charge in [0.15, 0.2) is 17.3 Å². The zero-order valence-electron chi connectivity index (χ0n) is 11.4.